The van der Waals surface area contributed by atoms with Crippen molar-refractivity contribution in [3.63, 3.8) is 0 Å². The van der Waals surface area contributed by atoms with E-state index < -0.39 is 0 Å². The highest BCUT2D eigenvalue weighted by Crippen LogP contribution is 2.27. The zero-order valence-electron chi connectivity index (χ0n) is 18.2. The third-order valence-corrected chi connectivity index (χ3v) is 4.88. The van der Waals surface area contributed by atoms with E-state index in [2.05, 4.69) is 21.5 Å². The van der Waals surface area contributed by atoms with Gasteiger partial charge in [0, 0.05) is 6.54 Å². The summed E-state index contributed by atoms with van der Waals surface area (Å²) in [5.74, 6) is 2.00. The standard InChI is InChI=1S/C23H27N7O2/c1-31-20-11-10-16(13-21(20)32-2)15-28-23(26)27-12-6-9-19-18(14-24)22(25)30(29-19)17-7-4-3-5-8-17/h3-5,7-8,10-11,13H,6,9,12,15,25H2,1-2H3,(H3,26,27,28). The topological polar surface area (TPSA) is 136 Å². The van der Waals surface area contributed by atoms with Crippen molar-refractivity contribution >= 4 is 11.8 Å². The quantitative estimate of drug-likeness (QED) is 0.268. The molecule has 0 fully saturated rings. The zero-order chi connectivity index (χ0) is 22.9. The van der Waals surface area contributed by atoms with Crippen LogP contribution in [0.3, 0.4) is 0 Å². The minimum absolute atomic E-state index is 0.342. The van der Waals surface area contributed by atoms with Crippen LogP contribution in [-0.2, 0) is 13.0 Å². The summed E-state index contributed by atoms with van der Waals surface area (Å²) in [5, 5.41) is 17.1. The summed E-state index contributed by atoms with van der Waals surface area (Å²) >= 11 is 0. The number of aromatic nitrogens is 2. The Hall–Kier alpha value is -4.19. The third kappa shape index (κ3) is 5.29. The van der Waals surface area contributed by atoms with Crippen molar-refractivity contribution in [2.75, 3.05) is 26.5 Å². The van der Waals surface area contributed by atoms with E-state index in [1.165, 1.54) is 0 Å². The number of nitrogen functional groups attached to an aromatic ring is 1. The molecule has 0 atom stereocenters. The maximum atomic E-state index is 9.50. The van der Waals surface area contributed by atoms with Crippen molar-refractivity contribution in [3.05, 3.63) is 65.4 Å². The zero-order valence-corrected chi connectivity index (χ0v) is 18.2. The number of benzene rings is 2. The molecule has 0 radical (unpaired) electrons. The molecule has 1 aromatic heterocycles. The van der Waals surface area contributed by atoms with Crippen LogP contribution < -0.4 is 26.3 Å². The van der Waals surface area contributed by atoms with Gasteiger partial charge in [-0.3, -0.25) is 0 Å². The minimum Gasteiger partial charge on any atom is -0.493 e. The van der Waals surface area contributed by atoms with E-state index in [9.17, 15) is 5.26 Å². The Balaban J connectivity index is 1.54. The van der Waals surface area contributed by atoms with Crippen LogP contribution >= 0.6 is 0 Å². The number of nitrogens with zero attached hydrogens (tertiary/aromatic N) is 4. The number of nitrogens with two attached hydrogens (primary N) is 2. The van der Waals surface area contributed by atoms with Crippen molar-refractivity contribution in [3.8, 4) is 23.3 Å². The molecule has 0 aliphatic carbocycles. The first-order valence-corrected chi connectivity index (χ1v) is 10.1. The lowest BCUT2D eigenvalue weighted by Gasteiger charge is -2.09. The highest BCUT2D eigenvalue weighted by atomic mass is 16.5. The first kappa shape index (κ1) is 22.5. The normalized spacial score (nSPS) is 11.1. The van der Waals surface area contributed by atoms with Crippen LogP contribution in [-0.4, -0.2) is 36.5 Å². The Labute approximate surface area is 187 Å². The van der Waals surface area contributed by atoms with E-state index in [0.717, 1.165) is 11.3 Å². The Kier molecular flexibility index (Phi) is 7.54. The van der Waals surface area contributed by atoms with Crippen molar-refractivity contribution in [2.45, 2.75) is 19.4 Å². The molecule has 0 unspecified atom stereocenters. The molecule has 0 spiro atoms. The number of guanidine groups is 1. The summed E-state index contributed by atoms with van der Waals surface area (Å²) in [5.41, 5.74) is 15.0. The lowest BCUT2D eigenvalue weighted by Crippen LogP contribution is -2.32. The molecule has 2 aromatic carbocycles. The number of anilines is 1. The number of nitrogens with one attached hydrogen (secondary N) is 1. The first-order chi connectivity index (χ1) is 15.6. The Morgan fingerprint density at radius 2 is 1.91 bits per heavy atom. The molecule has 3 aromatic rings. The number of hydrogen-bond donors (Lipinski definition) is 3. The molecule has 5 N–H and O–H groups in total. The average Bonchev–Trinajstić information content (AvgIpc) is 3.15. The van der Waals surface area contributed by atoms with Crippen molar-refractivity contribution in [1.82, 2.24) is 15.1 Å². The molecular weight excluding hydrogens is 406 g/mol. The highest BCUT2D eigenvalue weighted by Gasteiger charge is 2.16. The van der Waals surface area contributed by atoms with E-state index in [0.29, 0.717) is 60.5 Å². The van der Waals surface area contributed by atoms with Crippen LogP contribution in [0.5, 0.6) is 11.5 Å². The Bertz CT molecular complexity index is 1120. The molecule has 0 amide bonds. The van der Waals surface area contributed by atoms with E-state index >= 15 is 0 Å². The fourth-order valence-electron chi connectivity index (χ4n) is 3.22. The van der Waals surface area contributed by atoms with Gasteiger partial charge in [0.25, 0.3) is 0 Å². The predicted octanol–water partition coefficient (Wildman–Crippen LogP) is 2.38. The van der Waals surface area contributed by atoms with E-state index in [-0.39, 0.29) is 0 Å². The number of hydrogen-bond acceptors (Lipinski definition) is 6. The summed E-state index contributed by atoms with van der Waals surface area (Å²) in [6, 6.07) is 17.3. The predicted molar refractivity (Wildman–Crippen MR) is 124 cm³/mol. The second-order valence-corrected chi connectivity index (χ2v) is 6.99. The van der Waals surface area contributed by atoms with Crippen LogP contribution in [0.15, 0.2) is 53.5 Å². The third-order valence-electron chi connectivity index (χ3n) is 4.88. The molecule has 9 nitrogen and oxygen atoms in total. The van der Waals surface area contributed by atoms with Gasteiger partial charge in [0.1, 0.15) is 17.5 Å². The molecule has 9 heteroatoms. The van der Waals surface area contributed by atoms with Crippen LogP contribution in [0.4, 0.5) is 5.82 Å². The first-order valence-electron chi connectivity index (χ1n) is 10.1. The molecule has 166 valence electrons. The van der Waals surface area contributed by atoms with E-state index in [4.69, 9.17) is 20.9 Å². The number of para-hydroxylation sites is 1. The fraction of sp³-hybridized carbons (Fsp3) is 0.261. The SMILES string of the molecule is COc1ccc(CN=C(N)NCCCc2nn(-c3ccccc3)c(N)c2C#N)cc1OC. The van der Waals surface area contributed by atoms with Crippen molar-refractivity contribution in [2.24, 2.45) is 10.7 Å². The molecule has 0 saturated heterocycles. The van der Waals surface area contributed by atoms with E-state index in [1.807, 2.05) is 48.5 Å². The van der Waals surface area contributed by atoms with Gasteiger partial charge in [-0.05, 0) is 42.7 Å². The highest BCUT2D eigenvalue weighted by molar-refractivity contribution is 5.77. The van der Waals surface area contributed by atoms with Gasteiger partial charge in [-0.25, -0.2) is 9.67 Å². The minimum atomic E-state index is 0.342. The summed E-state index contributed by atoms with van der Waals surface area (Å²) in [7, 11) is 3.19. The molecule has 1 heterocycles. The summed E-state index contributed by atoms with van der Waals surface area (Å²) in [4.78, 5) is 4.36. The number of methoxy groups -OCH3 is 2. The second-order valence-electron chi connectivity index (χ2n) is 6.99. The fourth-order valence-corrected chi connectivity index (χ4v) is 3.22. The number of rotatable bonds is 9. The monoisotopic (exact) mass is 433 g/mol. The largest absolute Gasteiger partial charge is 0.493 e. The average molecular weight is 434 g/mol. The Morgan fingerprint density at radius 1 is 1.16 bits per heavy atom. The summed E-state index contributed by atoms with van der Waals surface area (Å²) in [6.45, 7) is 1.00. The lowest BCUT2D eigenvalue weighted by atomic mass is 10.1. The maximum Gasteiger partial charge on any atom is 0.188 e. The summed E-state index contributed by atoms with van der Waals surface area (Å²) < 4.78 is 12.1. The second kappa shape index (κ2) is 10.7. The summed E-state index contributed by atoms with van der Waals surface area (Å²) in [6.07, 6.45) is 1.30. The van der Waals surface area contributed by atoms with Gasteiger partial charge in [0.15, 0.2) is 17.5 Å². The van der Waals surface area contributed by atoms with Crippen LogP contribution in [0.2, 0.25) is 0 Å². The molecule has 0 saturated carbocycles. The molecule has 3 rings (SSSR count). The smallest absolute Gasteiger partial charge is 0.188 e. The number of nitriles is 1. The van der Waals surface area contributed by atoms with Gasteiger partial charge in [-0.2, -0.15) is 10.4 Å². The van der Waals surface area contributed by atoms with E-state index in [1.54, 1.807) is 18.9 Å². The maximum absolute atomic E-state index is 9.50. The van der Waals surface area contributed by atoms with Gasteiger partial charge in [0.2, 0.25) is 0 Å². The molecular formula is C23H27N7O2. The van der Waals surface area contributed by atoms with Crippen LogP contribution in [0.1, 0.15) is 23.2 Å². The van der Waals surface area contributed by atoms with Gasteiger partial charge in [-0.1, -0.05) is 24.3 Å². The van der Waals surface area contributed by atoms with Gasteiger partial charge in [0.05, 0.1) is 32.1 Å². The Morgan fingerprint density at radius 3 is 2.59 bits per heavy atom. The van der Waals surface area contributed by atoms with Gasteiger partial charge in [-0.15, -0.1) is 0 Å². The van der Waals surface area contributed by atoms with Crippen molar-refractivity contribution < 1.29 is 9.47 Å². The number of aliphatic imine (C=N–C) groups is 1. The lowest BCUT2D eigenvalue weighted by molar-refractivity contribution is 0.354. The number of aryl methyl sites for hydroxylation is 1. The van der Waals surface area contributed by atoms with Gasteiger partial charge < -0.3 is 26.3 Å². The van der Waals surface area contributed by atoms with Crippen molar-refractivity contribution in [1.29, 1.82) is 5.26 Å². The van der Waals surface area contributed by atoms with Crippen LogP contribution in [0, 0.1) is 11.3 Å². The molecule has 0 aliphatic heterocycles. The van der Waals surface area contributed by atoms with Crippen LogP contribution in [0.25, 0.3) is 5.69 Å². The van der Waals surface area contributed by atoms with Gasteiger partial charge >= 0.3 is 0 Å². The molecule has 0 aliphatic rings. The number of ether oxygens (including phenoxy) is 2. The molecule has 0 bridgehead atoms. The molecule has 32 heavy (non-hydrogen) atoms.